The van der Waals surface area contributed by atoms with Crippen molar-refractivity contribution in [3.8, 4) is 6.07 Å². The molecule has 10 heteroatoms. The van der Waals surface area contributed by atoms with Crippen LogP contribution in [0.3, 0.4) is 0 Å². The fraction of sp³-hybridized carbons (Fsp3) is 0.650. The predicted octanol–water partition coefficient (Wildman–Crippen LogP) is 2.72. The van der Waals surface area contributed by atoms with Gasteiger partial charge in [-0.2, -0.15) is 5.26 Å². The summed E-state index contributed by atoms with van der Waals surface area (Å²) in [7, 11) is 0. The van der Waals surface area contributed by atoms with Crippen molar-refractivity contribution >= 4 is 28.5 Å². The molecule has 4 atom stereocenters. The molecule has 3 aliphatic rings. The van der Waals surface area contributed by atoms with Gasteiger partial charge in [0, 0.05) is 6.04 Å². The van der Waals surface area contributed by atoms with E-state index < -0.39 is 30.3 Å². The Balaban J connectivity index is 1.58. The van der Waals surface area contributed by atoms with E-state index >= 15 is 0 Å². The maximum atomic E-state index is 9.76. The third kappa shape index (κ3) is 3.15. The maximum Gasteiger partial charge on any atom is 0.166 e. The molecular weight excluding hydrogens is 410 g/mol. The summed E-state index contributed by atoms with van der Waals surface area (Å²) in [5.74, 6) is -0.782. The third-order valence-electron chi connectivity index (χ3n) is 6.06. The molecule has 2 aliphatic heterocycles. The van der Waals surface area contributed by atoms with Crippen molar-refractivity contribution in [1.29, 1.82) is 5.26 Å². The molecule has 2 saturated heterocycles. The second-order valence-corrected chi connectivity index (χ2v) is 8.88. The van der Waals surface area contributed by atoms with Crippen LogP contribution in [0.25, 0.3) is 11.2 Å². The first-order valence-corrected chi connectivity index (χ1v) is 10.6. The number of nitrogens with one attached hydrogen (secondary N) is 1. The van der Waals surface area contributed by atoms with Crippen LogP contribution in [0.4, 0.5) is 5.69 Å². The Hall–Kier alpha value is -1.96. The number of aromatic nitrogens is 3. The van der Waals surface area contributed by atoms with E-state index in [0.717, 1.165) is 25.7 Å². The van der Waals surface area contributed by atoms with E-state index in [4.69, 9.17) is 25.8 Å². The van der Waals surface area contributed by atoms with Crippen LogP contribution in [0.15, 0.2) is 6.33 Å². The van der Waals surface area contributed by atoms with Crippen molar-refractivity contribution in [3.63, 3.8) is 0 Å². The van der Waals surface area contributed by atoms with Gasteiger partial charge in [-0.1, -0.05) is 24.4 Å². The molecule has 5 rings (SSSR count). The summed E-state index contributed by atoms with van der Waals surface area (Å²) >= 11 is 6.39. The summed E-state index contributed by atoms with van der Waals surface area (Å²) in [5, 5.41) is 23.0. The second kappa shape index (κ2) is 7.32. The summed E-state index contributed by atoms with van der Waals surface area (Å²) in [6, 6.07) is 2.44. The molecule has 0 aromatic carbocycles. The zero-order valence-electron chi connectivity index (χ0n) is 16.8. The smallest absolute Gasteiger partial charge is 0.166 e. The fourth-order valence-electron chi connectivity index (χ4n) is 4.75. The number of imidazole rings is 1. The number of anilines is 1. The molecule has 0 radical (unpaired) electrons. The largest absolute Gasteiger partial charge is 0.394 e. The van der Waals surface area contributed by atoms with E-state index in [0.29, 0.717) is 22.4 Å². The minimum Gasteiger partial charge on any atom is -0.394 e. The standard InChI is InChI=1S/C20H24ClN5O4/c1-20(2)29-15-12(8-27)28-19(16(15)30-20)26-9-23-14-13(24-10-5-3-4-6-10)11(7-22)17(21)25-18(14)26/h9-10,12,15-16,19,27H,3-6,8H2,1-2H3,(H,24,25)/t12-,15-,16-,19-/m1/s1. The molecule has 9 nitrogen and oxygen atoms in total. The van der Waals surface area contributed by atoms with E-state index in [9.17, 15) is 10.4 Å². The van der Waals surface area contributed by atoms with E-state index in [2.05, 4.69) is 21.4 Å². The molecule has 160 valence electrons. The molecule has 2 N–H and O–H groups in total. The summed E-state index contributed by atoms with van der Waals surface area (Å²) in [4.78, 5) is 9.00. The predicted molar refractivity (Wildman–Crippen MR) is 108 cm³/mol. The molecule has 0 spiro atoms. The van der Waals surface area contributed by atoms with Gasteiger partial charge in [0.1, 0.15) is 35.5 Å². The first-order chi connectivity index (χ1) is 14.4. The van der Waals surface area contributed by atoms with Crippen LogP contribution in [-0.2, 0) is 14.2 Å². The molecule has 0 unspecified atom stereocenters. The lowest BCUT2D eigenvalue weighted by Gasteiger charge is -2.24. The number of halogens is 1. The number of rotatable bonds is 4. The first-order valence-electron chi connectivity index (χ1n) is 10.3. The summed E-state index contributed by atoms with van der Waals surface area (Å²) in [6.07, 6.45) is 4.07. The van der Waals surface area contributed by atoms with Crippen LogP contribution >= 0.6 is 11.6 Å². The quantitative estimate of drug-likeness (QED) is 0.707. The van der Waals surface area contributed by atoms with E-state index in [1.54, 1.807) is 10.9 Å². The SMILES string of the molecule is CC1(C)O[C@@H]2[C@H](O1)[C@@H](CO)O[C@H]2n1cnc2c(NC3CCCC3)c(C#N)c(Cl)nc21. The van der Waals surface area contributed by atoms with Gasteiger partial charge in [-0.25, -0.2) is 9.97 Å². The Morgan fingerprint density at radius 2 is 2.07 bits per heavy atom. The number of hydrogen-bond acceptors (Lipinski definition) is 8. The lowest BCUT2D eigenvalue weighted by molar-refractivity contribution is -0.199. The van der Waals surface area contributed by atoms with Crippen molar-refractivity contribution in [1.82, 2.24) is 14.5 Å². The molecule has 0 bridgehead atoms. The van der Waals surface area contributed by atoms with Gasteiger partial charge in [-0.05, 0) is 26.7 Å². The van der Waals surface area contributed by atoms with E-state index in [-0.39, 0.29) is 17.8 Å². The van der Waals surface area contributed by atoms with Crippen molar-refractivity contribution in [2.45, 2.75) is 75.9 Å². The molecular formula is C20H24ClN5O4. The van der Waals surface area contributed by atoms with Crippen molar-refractivity contribution in [2.75, 3.05) is 11.9 Å². The lowest BCUT2D eigenvalue weighted by atomic mass is 10.1. The molecule has 4 heterocycles. The number of pyridine rings is 1. The third-order valence-corrected chi connectivity index (χ3v) is 6.33. The Labute approximate surface area is 178 Å². The molecule has 1 aliphatic carbocycles. The lowest BCUT2D eigenvalue weighted by Crippen LogP contribution is -2.31. The molecule has 2 aromatic rings. The summed E-state index contributed by atoms with van der Waals surface area (Å²) in [6.45, 7) is 3.48. The van der Waals surface area contributed by atoms with Crippen LogP contribution in [0.2, 0.25) is 5.15 Å². The zero-order chi connectivity index (χ0) is 21.0. The zero-order valence-corrected chi connectivity index (χ0v) is 17.6. The molecule has 2 aromatic heterocycles. The number of aliphatic hydroxyl groups is 1. The van der Waals surface area contributed by atoms with Gasteiger partial charge in [0.05, 0.1) is 18.6 Å². The average molecular weight is 434 g/mol. The fourth-order valence-corrected chi connectivity index (χ4v) is 4.96. The Bertz CT molecular complexity index is 1010. The number of fused-ring (bicyclic) bond motifs is 2. The van der Waals surface area contributed by atoms with E-state index in [1.165, 1.54) is 0 Å². The Kier molecular flexibility index (Phi) is 4.87. The van der Waals surface area contributed by atoms with Crippen LogP contribution in [0.1, 0.15) is 51.3 Å². The van der Waals surface area contributed by atoms with Crippen molar-refractivity contribution in [3.05, 3.63) is 17.0 Å². The van der Waals surface area contributed by atoms with Crippen molar-refractivity contribution in [2.24, 2.45) is 0 Å². The first kappa shape index (κ1) is 20.0. The molecule has 1 saturated carbocycles. The second-order valence-electron chi connectivity index (χ2n) is 8.53. The highest BCUT2D eigenvalue weighted by Gasteiger charge is 2.56. The normalized spacial score (nSPS) is 30.6. The number of nitriles is 1. The molecule has 3 fully saturated rings. The van der Waals surface area contributed by atoms with Gasteiger partial charge in [-0.3, -0.25) is 4.57 Å². The van der Waals surface area contributed by atoms with Crippen LogP contribution < -0.4 is 5.32 Å². The van der Waals surface area contributed by atoms with Gasteiger partial charge in [-0.15, -0.1) is 0 Å². The minimum atomic E-state index is -0.782. The monoisotopic (exact) mass is 433 g/mol. The van der Waals surface area contributed by atoms with E-state index in [1.807, 2.05) is 13.8 Å². The topological polar surface area (TPSA) is 114 Å². The number of aliphatic hydroxyl groups excluding tert-OH is 1. The summed E-state index contributed by atoms with van der Waals surface area (Å²) < 4.78 is 19.8. The Morgan fingerprint density at radius 3 is 2.77 bits per heavy atom. The van der Waals surface area contributed by atoms with Crippen molar-refractivity contribution < 1.29 is 19.3 Å². The van der Waals surface area contributed by atoms with Gasteiger partial charge in [0.25, 0.3) is 0 Å². The van der Waals surface area contributed by atoms with Gasteiger partial charge in [0.2, 0.25) is 0 Å². The summed E-state index contributed by atoms with van der Waals surface area (Å²) in [5.41, 5.74) is 1.96. The molecule has 0 amide bonds. The number of hydrogen-bond donors (Lipinski definition) is 2. The van der Waals surface area contributed by atoms with Gasteiger partial charge < -0.3 is 24.6 Å². The van der Waals surface area contributed by atoms with Crippen LogP contribution in [0, 0.1) is 11.3 Å². The molecule has 30 heavy (non-hydrogen) atoms. The minimum absolute atomic E-state index is 0.115. The highest BCUT2D eigenvalue weighted by molar-refractivity contribution is 6.31. The van der Waals surface area contributed by atoms with Crippen LogP contribution in [-0.4, -0.2) is 56.4 Å². The maximum absolute atomic E-state index is 9.76. The number of ether oxygens (including phenoxy) is 3. The Morgan fingerprint density at radius 1 is 1.33 bits per heavy atom. The highest BCUT2D eigenvalue weighted by atomic mass is 35.5. The van der Waals surface area contributed by atoms with Gasteiger partial charge >= 0.3 is 0 Å². The number of nitrogens with zero attached hydrogens (tertiary/aromatic N) is 4. The average Bonchev–Trinajstić information content (AvgIpc) is 3.45. The highest BCUT2D eigenvalue weighted by Crippen LogP contribution is 2.44. The van der Waals surface area contributed by atoms with Crippen LogP contribution in [0.5, 0.6) is 0 Å². The van der Waals surface area contributed by atoms with Gasteiger partial charge in [0.15, 0.2) is 22.8 Å².